The van der Waals surface area contributed by atoms with Crippen LogP contribution in [0.1, 0.15) is 16.7 Å². The van der Waals surface area contributed by atoms with E-state index in [2.05, 4.69) is 10.5 Å². The molecule has 0 aliphatic rings. The summed E-state index contributed by atoms with van der Waals surface area (Å²) >= 11 is 0. The summed E-state index contributed by atoms with van der Waals surface area (Å²) in [6.45, 7) is 0.0941. The lowest BCUT2D eigenvalue weighted by atomic mass is 10.2. The predicted octanol–water partition coefficient (Wildman–Crippen LogP) is 3.36. The third kappa shape index (κ3) is 6.07. The fourth-order valence-corrected chi connectivity index (χ4v) is 2.64. The smallest absolute Gasteiger partial charge is 0.261 e. The number of amides is 1. The Morgan fingerprint density at radius 1 is 0.967 bits per heavy atom. The van der Waals surface area contributed by atoms with Crippen LogP contribution in [0.25, 0.3) is 0 Å². The summed E-state index contributed by atoms with van der Waals surface area (Å²) in [4.78, 5) is 16.9. The van der Waals surface area contributed by atoms with Crippen LogP contribution in [-0.4, -0.2) is 18.3 Å². The Kier molecular flexibility index (Phi) is 7.38. The van der Waals surface area contributed by atoms with E-state index in [-0.39, 0.29) is 24.8 Å². The lowest BCUT2D eigenvalue weighted by Gasteiger charge is -2.11. The Morgan fingerprint density at radius 3 is 2.47 bits per heavy atom. The zero-order valence-electron chi connectivity index (χ0n) is 16.3. The normalized spacial score (nSPS) is 11.0. The largest absolute Gasteiger partial charge is 0.488 e. The quantitative estimate of drug-likeness (QED) is 0.324. The number of benzene rings is 3. The molecule has 0 aromatic heterocycles. The van der Waals surface area contributed by atoms with Crippen LogP contribution in [-0.2, 0) is 22.8 Å². The molecule has 0 heterocycles. The van der Waals surface area contributed by atoms with Gasteiger partial charge in [0.2, 0.25) is 0 Å². The molecule has 0 saturated carbocycles. The van der Waals surface area contributed by atoms with Crippen molar-refractivity contribution in [2.75, 3.05) is 6.61 Å². The molecule has 3 aromatic rings. The van der Waals surface area contributed by atoms with Gasteiger partial charge in [0.05, 0.1) is 5.56 Å². The van der Waals surface area contributed by atoms with E-state index in [1.807, 2.05) is 36.4 Å². The minimum Gasteiger partial charge on any atom is -0.488 e. The summed E-state index contributed by atoms with van der Waals surface area (Å²) in [7, 11) is 0. The average molecular weight is 407 g/mol. The minimum absolute atomic E-state index is 0.0597. The molecule has 3 N–H and O–H groups in total. The molecule has 0 bridgehead atoms. The first-order valence-electron chi connectivity index (χ1n) is 9.35. The van der Waals surface area contributed by atoms with Crippen molar-refractivity contribution in [1.82, 2.24) is 5.32 Å². The van der Waals surface area contributed by atoms with E-state index in [4.69, 9.17) is 15.3 Å². The first-order chi connectivity index (χ1) is 14.6. The Bertz CT molecular complexity index is 1010. The number of hydrogen-bond acceptors (Lipinski definition) is 4. The van der Waals surface area contributed by atoms with E-state index in [1.165, 1.54) is 6.07 Å². The molecule has 7 heteroatoms. The fourth-order valence-electron chi connectivity index (χ4n) is 2.64. The highest BCUT2D eigenvalue weighted by atomic mass is 19.1. The third-order valence-electron chi connectivity index (χ3n) is 4.19. The highest BCUT2D eigenvalue weighted by Crippen LogP contribution is 2.19. The van der Waals surface area contributed by atoms with Crippen LogP contribution in [0, 0.1) is 5.82 Å². The standard InChI is InChI=1S/C23H22FN3O3/c24-20-12-6-4-10-18(20)14-26-22(28)16-30-27-23(25)19-11-5-7-13-21(19)29-15-17-8-2-1-3-9-17/h1-13H,14-16H2,(H2,25,27)(H,26,28). The van der Waals surface area contributed by atoms with Crippen molar-refractivity contribution in [1.29, 1.82) is 0 Å². The van der Waals surface area contributed by atoms with Crippen LogP contribution in [0.3, 0.4) is 0 Å². The van der Waals surface area contributed by atoms with Crippen molar-refractivity contribution in [2.45, 2.75) is 13.2 Å². The second-order valence-electron chi connectivity index (χ2n) is 6.39. The summed E-state index contributed by atoms with van der Waals surface area (Å²) in [5.74, 6) is -0.188. The molecule has 0 atom stereocenters. The van der Waals surface area contributed by atoms with Crippen molar-refractivity contribution in [2.24, 2.45) is 10.9 Å². The number of carbonyl (C=O) groups excluding carboxylic acids is 1. The van der Waals surface area contributed by atoms with Crippen LogP contribution < -0.4 is 15.8 Å². The maximum absolute atomic E-state index is 13.6. The molecule has 154 valence electrons. The maximum atomic E-state index is 13.6. The fraction of sp³-hybridized carbons (Fsp3) is 0.130. The number of amidine groups is 1. The molecule has 0 aliphatic heterocycles. The van der Waals surface area contributed by atoms with Crippen LogP contribution in [0.2, 0.25) is 0 Å². The molecule has 30 heavy (non-hydrogen) atoms. The molecule has 0 saturated heterocycles. The summed E-state index contributed by atoms with van der Waals surface area (Å²) < 4.78 is 19.4. The van der Waals surface area contributed by atoms with Gasteiger partial charge in [-0.1, -0.05) is 65.8 Å². The van der Waals surface area contributed by atoms with Gasteiger partial charge in [0.15, 0.2) is 12.4 Å². The number of rotatable bonds is 9. The van der Waals surface area contributed by atoms with E-state index < -0.39 is 5.91 Å². The average Bonchev–Trinajstić information content (AvgIpc) is 2.78. The third-order valence-corrected chi connectivity index (χ3v) is 4.19. The number of para-hydroxylation sites is 1. The zero-order valence-corrected chi connectivity index (χ0v) is 16.3. The number of hydrogen-bond donors (Lipinski definition) is 2. The van der Waals surface area contributed by atoms with Gasteiger partial charge in [-0.15, -0.1) is 0 Å². The molecular weight excluding hydrogens is 385 g/mol. The van der Waals surface area contributed by atoms with Crippen molar-refractivity contribution in [3.05, 3.63) is 101 Å². The number of nitrogens with two attached hydrogens (primary N) is 1. The second kappa shape index (κ2) is 10.6. The van der Waals surface area contributed by atoms with E-state index in [1.54, 1.807) is 36.4 Å². The number of ether oxygens (including phenoxy) is 1. The summed E-state index contributed by atoms with van der Waals surface area (Å²) in [6.07, 6.45) is 0. The zero-order chi connectivity index (χ0) is 21.2. The van der Waals surface area contributed by atoms with Gasteiger partial charge in [0, 0.05) is 12.1 Å². The summed E-state index contributed by atoms with van der Waals surface area (Å²) in [6, 6.07) is 23.1. The predicted molar refractivity (Wildman–Crippen MR) is 112 cm³/mol. The molecular formula is C23H22FN3O3. The van der Waals surface area contributed by atoms with Crippen molar-refractivity contribution in [3.8, 4) is 5.75 Å². The van der Waals surface area contributed by atoms with Gasteiger partial charge < -0.3 is 20.6 Å². The van der Waals surface area contributed by atoms with E-state index in [0.717, 1.165) is 5.56 Å². The number of oxime groups is 1. The first-order valence-corrected chi connectivity index (χ1v) is 9.35. The Morgan fingerprint density at radius 2 is 1.67 bits per heavy atom. The van der Waals surface area contributed by atoms with E-state index >= 15 is 0 Å². The second-order valence-corrected chi connectivity index (χ2v) is 6.39. The number of nitrogens with one attached hydrogen (secondary N) is 1. The number of carbonyl (C=O) groups is 1. The van der Waals surface area contributed by atoms with Gasteiger partial charge in [-0.25, -0.2) is 4.39 Å². The first kappa shape index (κ1) is 20.9. The molecule has 3 rings (SSSR count). The Balaban J connectivity index is 1.52. The Labute approximate surface area is 174 Å². The molecule has 0 radical (unpaired) electrons. The SMILES string of the molecule is N/C(=N\OCC(=O)NCc1ccccc1F)c1ccccc1OCc1ccccc1. The van der Waals surface area contributed by atoms with Gasteiger partial charge in [-0.2, -0.15) is 0 Å². The van der Waals surface area contributed by atoms with Gasteiger partial charge in [0.1, 0.15) is 18.2 Å². The van der Waals surface area contributed by atoms with Crippen LogP contribution in [0.15, 0.2) is 84.0 Å². The lowest BCUT2D eigenvalue weighted by molar-refractivity contribution is -0.125. The summed E-state index contributed by atoms with van der Waals surface area (Å²) in [5, 5.41) is 6.37. The Hall–Kier alpha value is -3.87. The number of halogens is 1. The van der Waals surface area contributed by atoms with Crippen LogP contribution in [0.4, 0.5) is 4.39 Å². The minimum atomic E-state index is -0.441. The van der Waals surface area contributed by atoms with Gasteiger partial charge in [-0.3, -0.25) is 4.79 Å². The highest BCUT2D eigenvalue weighted by molar-refractivity contribution is 5.99. The monoisotopic (exact) mass is 407 g/mol. The van der Waals surface area contributed by atoms with Crippen molar-refractivity contribution in [3.63, 3.8) is 0 Å². The molecule has 0 spiro atoms. The molecule has 0 aliphatic carbocycles. The molecule has 6 nitrogen and oxygen atoms in total. The molecule has 3 aromatic carbocycles. The molecule has 0 fully saturated rings. The van der Waals surface area contributed by atoms with Crippen molar-refractivity contribution >= 4 is 11.7 Å². The highest BCUT2D eigenvalue weighted by Gasteiger charge is 2.09. The topological polar surface area (TPSA) is 85.9 Å². The maximum Gasteiger partial charge on any atom is 0.261 e. The van der Waals surface area contributed by atoms with Crippen LogP contribution >= 0.6 is 0 Å². The molecule has 1 amide bonds. The van der Waals surface area contributed by atoms with Crippen molar-refractivity contribution < 1.29 is 18.8 Å². The van der Waals surface area contributed by atoms with E-state index in [9.17, 15) is 9.18 Å². The lowest BCUT2D eigenvalue weighted by Crippen LogP contribution is -2.27. The van der Waals surface area contributed by atoms with E-state index in [0.29, 0.717) is 23.5 Å². The number of nitrogens with zero attached hydrogens (tertiary/aromatic N) is 1. The summed E-state index contributed by atoms with van der Waals surface area (Å²) in [5.41, 5.74) is 7.96. The van der Waals surface area contributed by atoms with Gasteiger partial charge in [-0.05, 0) is 23.8 Å². The van der Waals surface area contributed by atoms with Gasteiger partial charge >= 0.3 is 0 Å². The van der Waals surface area contributed by atoms with Gasteiger partial charge in [0.25, 0.3) is 5.91 Å². The van der Waals surface area contributed by atoms with Crippen LogP contribution in [0.5, 0.6) is 5.75 Å². The molecule has 0 unspecified atom stereocenters.